The number of carbonyl (C=O) groups is 1. The molecule has 0 bridgehead atoms. The normalized spacial score (nSPS) is 12.6. The van der Waals surface area contributed by atoms with E-state index in [1.807, 2.05) is 24.4 Å². The lowest BCUT2D eigenvalue weighted by Crippen LogP contribution is -2.07. The van der Waals surface area contributed by atoms with E-state index >= 15 is 0 Å². The summed E-state index contributed by atoms with van der Waals surface area (Å²) in [5.74, 6) is 0.877. The second-order valence-corrected chi connectivity index (χ2v) is 4.88. The van der Waals surface area contributed by atoms with Gasteiger partial charge in [-0.2, -0.15) is 4.98 Å². The van der Waals surface area contributed by atoms with Crippen LogP contribution in [-0.4, -0.2) is 15.9 Å². The van der Waals surface area contributed by atoms with Crippen LogP contribution in [0.3, 0.4) is 0 Å². The first kappa shape index (κ1) is 12.0. The summed E-state index contributed by atoms with van der Waals surface area (Å²) in [7, 11) is 0. The topological polar surface area (TPSA) is 56.0 Å². The van der Waals surface area contributed by atoms with E-state index in [1.165, 1.54) is 4.88 Å². The van der Waals surface area contributed by atoms with Gasteiger partial charge in [-0.15, -0.1) is 11.3 Å². The molecule has 0 spiro atoms. The third kappa shape index (κ3) is 2.79. The van der Waals surface area contributed by atoms with Crippen molar-refractivity contribution in [2.75, 3.05) is 0 Å². The zero-order chi connectivity index (χ0) is 12.3. The van der Waals surface area contributed by atoms with Gasteiger partial charge in [-0.1, -0.05) is 18.1 Å². The number of thiophene rings is 1. The van der Waals surface area contributed by atoms with Gasteiger partial charge in [0.05, 0.1) is 5.92 Å². The van der Waals surface area contributed by atoms with E-state index in [9.17, 15) is 4.79 Å². The maximum atomic E-state index is 11.5. The van der Waals surface area contributed by atoms with Gasteiger partial charge in [0, 0.05) is 17.7 Å². The molecule has 0 radical (unpaired) electrons. The van der Waals surface area contributed by atoms with Crippen LogP contribution >= 0.6 is 11.3 Å². The average Bonchev–Trinajstić information content (AvgIpc) is 2.99. The highest BCUT2D eigenvalue weighted by atomic mass is 32.1. The molecule has 90 valence electrons. The Kier molecular flexibility index (Phi) is 3.68. The molecule has 0 fully saturated rings. The molecule has 0 aromatic carbocycles. The highest BCUT2D eigenvalue weighted by Gasteiger charge is 2.20. The van der Waals surface area contributed by atoms with Crippen LogP contribution in [0, 0.1) is 0 Å². The third-order valence-corrected chi connectivity index (χ3v) is 3.47. The van der Waals surface area contributed by atoms with Gasteiger partial charge in [0.15, 0.2) is 5.82 Å². The Labute approximate surface area is 104 Å². The number of hydrogen-bond donors (Lipinski definition) is 0. The predicted molar refractivity (Wildman–Crippen MR) is 65.1 cm³/mol. The van der Waals surface area contributed by atoms with Crippen molar-refractivity contribution in [3.8, 4) is 0 Å². The van der Waals surface area contributed by atoms with Crippen LogP contribution < -0.4 is 0 Å². The standard InChI is InChI=1S/C12H14N2O2S/c1-3-10(15)8(2)12-13-11(14-16-12)7-9-5-4-6-17-9/h4-6,8H,3,7H2,1-2H3. The summed E-state index contributed by atoms with van der Waals surface area (Å²) in [4.78, 5) is 17.0. The zero-order valence-corrected chi connectivity index (χ0v) is 10.7. The molecule has 1 atom stereocenters. The van der Waals surface area contributed by atoms with Gasteiger partial charge >= 0.3 is 0 Å². The van der Waals surface area contributed by atoms with Crippen LogP contribution in [-0.2, 0) is 11.2 Å². The van der Waals surface area contributed by atoms with Crippen molar-refractivity contribution >= 4 is 17.1 Å². The largest absolute Gasteiger partial charge is 0.339 e. The Morgan fingerprint density at radius 1 is 1.59 bits per heavy atom. The number of ketones is 1. The molecule has 5 heteroatoms. The molecular weight excluding hydrogens is 236 g/mol. The van der Waals surface area contributed by atoms with Crippen LogP contribution in [0.5, 0.6) is 0 Å². The van der Waals surface area contributed by atoms with Gasteiger partial charge in [0.25, 0.3) is 0 Å². The first-order valence-corrected chi connectivity index (χ1v) is 6.46. The SMILES string of the molecule is CCC(=O)C(C)c1nc(Cc2cccs2)no1. The molecule has 0 aliphatic rings. The molecule has 0 saturated carbocycles. The Morgan fingerprint density at radius 2 is 2.41 bits per heavy atom. The minimum Gasteiger partial charge on any atom is -0.339 e. The Bertz CT molecular complexity index is 490. The van der Waals surface area contributed by atoms with Crippen LogP contribution in [0.2, 0.25) is 0 Å². The third-order valence-electron chi connectivity index (χ3n) is 2.60. The van der Waals surface area contributed by atoms with Crippen molar-refractivity contribution in [2.45, 2.75) is 32.6 Å². The molecule has 0 saturated heterocycles. The quantitative estimate of drug-likeness (QED) is 0.818. The number of Topliss-reactive ketones (excluding diaryl/α,β-unsaturated/α-hetero) is 1. The number of nitrogens with zero attached hydrogens (tertiary/aromatic N) is 2. The average molecular weight is 250 g/mol. The van der Waals surface area contributed by atoms with Gasteiger partial charge < -0.3 is 4.52 Å². The van der Waals surface area contributed by atoms with Gasteiger partial charge in [0.2, 0.25) is 5.89 Å². The number of rotatable bonds is 5. The maximum absolute atomic E-state index is 11.5. The summed E-state index contributed by atoms with van der Waals surface area (Å²) in [6, 6.07) is 4.02. The second kappa shape index (κ2) is 5.23. The molecule has 2 rings (SSSR count). The van der Waals surface area contributed by atoms with Crippen molar-refractivity contribution in [3.63, 3.8) is 0 Å². The fourth-order valence-corrected chi connectivity index (χ4v) is 2.23. The summed E-state index contributed by atoms with van der Waals surface area (Å²) in [6.45, 7) is 3.63. The summed E-state index contributed by atoms with van der Waals surface area (Å²) < 4.78 is 5.12. The Morgan fingerprint density at radius 3 is 3.06 bits per heavy atom. The minimum absolute atomic E-state index is 0.122. The molecule has 0 amide bonds. The molecule has 2 aromatic rings. The van der Waals surface area contributed by atoms with E-state index in [-0.39, 0.29) is 11.7 Å². The van der Waals surface area contributed by atoms with E-state index in [2.05, 4.69) is 10.1 Å². The lowest BCUT2D eigenvalue weighted by Gasteiger charge is -2.01. The molecule has 0 aliphatic carbocycles. The zero-order valence-electron chi connectivity index (χ0n) is 9.84. The van der Waals surface area contributed by atoms with E-state index in [1.54, 1.807) is 18.3 Å². The predicted octanol–water partition coefficient (Wildman–Crippen LogP) is 2.80. The summed E-state index contributed by atoms with van der Waals surface area (Å²) in [5, 5.41) is 5.91. The summed E-state index contributed by atoms with van der Waals surface area (Å²) >= 11 is 1.66. The molecule has 1 unspecified atom stereocenters. The Hall–Kier alpha value is -1.49. The smallest absolute Gasteiger partial charge is 0.236 e. The molecule has 0 N–H and O–H groups in total. The monoisotopic (exact) mass is 250 g/mol. The highest BCUT2D eigenvalue weighted by molar-refractivity contribution is 7.09. The molecule has 0 aliphatic heterocycles. The van der Waals surface area contributed by atoms with Crippen LogP contribution in [0.15, 0.2) is 22.0 Å². The van der Waals surface area contributed by atoms with Crippen LogP contribution in [0.1, 0.15) is 42.8 Å². The van der Waals surface area contributed by atoms with Gasteiger partial charge in [-0.05, 0) is 18.4 Å². The van der Waals surface area contributed by atoms with Crippen molar-refractivity contribution in [2.24, 2.45) is 0 Å². The van der Waals surface area contributed by atoms with E-state index in [4.69, 9.17) is 4.52 Å². The summed E-state index contributed by atoms with van der Waals surface area (Å²) in [5.41, 5.74) is 0. The fourth-order valence-electron chi connectivity index (χ4n) is 1.53. The minimum atomic E-state index is -0.301. The van der Waals surface area contributed by atoms with Gasteiger partial charge in [-0.3, -0.25) is 4.79 Å². The lowest BCUT2D eigenvalue weighted by atomic mass is 10.1. The van der Waals surface area contributed by atoms with Crippen molar-refractivity contribution in [1.29, 1.82) is 0 Å². The number of carbonyl (C=O) groups excluding carboxylic acids is 1. The van der Waals surface area contributed by atoms with Crippen molar-refractivity contribution < 1.29 is 9.32 Å². The van der Waals surface area contributed by atoms with Crippen LogP contribution in [0.25, 0.3) is 0 Å². The first-order valence-electron chi connectivity index (χ1n) is 5.58. The second-order valence-electron chi connectivity index (χ2n) is 3.85. The van der Waals surface area contributed by atoms with Crippen LogP contribution in [0.4, 0.5) is 0 Å². The van der Waals surface area contributed by atoms with Gasteiger partial charge in [0.1, 0.15) is 5.78 Å². The maximum Gasteiger partial charge on any atom is 0.236 e. The highest BCUT2D eigenvalue weighted by Crippen LogP contribution is 2.18. The van der Waals surface area contributed by atoms with Gasteiger partial charge in [-0.25, -0.2) is 0 Å². The molecule has 17 heavy (non-hydrogen) atoms. The first-order chi connectivity index (χ1) is 8.20. The molecule has 2 aromatic heterocycles. The molecule has 2 heterocycles. The molecule has 4 nitrogen and oxygen atoms in total. The lowest BCUT2D eigenvalue weighted by molar-refractivity contribution is -0.120. The number of aromatic nitrogens is 2. The van der Waals surface area contributed by atoms with E-state index in [0.717, 1.165) is 0 Å². The summed E-state index contributed by atoms with van der Waals surface area (Å²) in [6.07, 6.45) is 1.15. The van der Waals surface area contributed by atoms with E-state index in [0.29, 0.717) is 24.6 Å². The van der Waals surface area contributed by atoms with Crippen molar-refractivity contribution in [1.82, 2.24) is 10.1 Å². The van der Waals surface area contributed by atoms with E-state index < -0.39 is 0 Å². The fraction of sp³-hybridized carbons (Fsp3) is 0.417. The Balaban J connectivity index is 2.08. The molecular formula is C12H14N2O2S. The van der Waals surface area contributed by atoms with Crippen molar-refractivity contribution in [3.05, 3.63) is 34.1 Å². The number of hydrogen-bond acceptors (Lipinski definition) is 5.